The Morgan fingerprint density at radius 2 is 1.47 bits per heavy atom. The van der Waals surface area contributed by atoms with Crippen molar-refractivity contribution in [1.29, 1.82) is 0 Å². The second-order valence-electron chi connectivity index (χ2n) is 7.60. The zero-order chi connectivity index (χ0) is 24.1. The predicted molar refractivity (Wildman–Crippen MR) is 137 cm³/mol. The Morgan fingerprint density at radius 1 is 0.853 bits per heavy atom. The van der Waals surface area contributed by atoms with E-state index in [0.717, 1.165) is 28.6 Å². The Labute approximate surface area is 212 Å². The molecule has 5 nitrogen and oxygen atoms in total. The van der Waals surface area contributed by atoms with Crippen LogP contribution in [0.15, 0.2) is 71.6 Å². The molecule has 1 saturated heterocycles. The molecule has 3 aromatic carbocycles. The van der Waals surface area contributed by atoms with Gasteiger partial charge in [0.05, 0.1) is 21.5 Å². The van der Waals surface area contributed by atoms with Crippen LogP contribution in [0.3, 0.4) is 0 Å². The van der Waals surface area contributed by atoms with E-state index in [0.29, 0.717) is 33.9 Å². The van der Waals surface area contributed by atoms with Crippen LogP contribution in [0, 0.1) is 6.92 Å². The monoisotopic (exact) mass is 513 g/mol. The third-order valence-electron chi connectivity index (χ3n) is 5.02. The molecule has 174 valence electrons. The maximum absolute atomic E-state index is 12.8. The summed E-state index contributed by atoms with van der Waals surface area (Å²) in [4.78, 5) is 26.7. The van der Waals surface area contributed by atoms with Gasteiger partial charge in [-0.25, -0.2) is 0 Å². The van der Waals surface area contributed by atoms with E-state index in [4.69, 9.17) is 32.7 Å². The van der Waals surface area contributed by atoms with Crippen LogP contribution in [0.5, 0.6) is 11.5 Å². The van der Waals surface area contributed by atoms with E-state index in [9.17, 15) is 9.59 Å². The third kappa shape index (κ3) is 6.14. The van der Waals surface area contributed by atoms with E-state index >= 15 is 0 Å². The average Bonchev–Trinajstić information content (AvgIpc) is 3.08. The molecular weight excluding hydrogens is 493 g/mol. The van der Waals surface area contributed by atoms with Crippen molar-refractivity contribution < 1.29 is 19.1 Å². The Bertz CT molecular complexity index is 1230. The van der Waals surface area contributed by atoms with Gasteiger partial charge < -0.3 is 9.47 Å². The zero-order valence-corrected chi connectivity index (χ0v) is 20.6. The summed E-state index contributed by atoms with van der Waals surface area (Å²) < 4.78 is 11.4. The first kappa shape index (κ1) is 24.2. The first-order valence-electron chi connectivity index (χ1n) is 10.5. The number of hydrogen-bond donors (Lipinski definition) is 0. The van der Waals surface area contributed by atoms with Crippen LogP contribution in [0.2, 0.25) is 10.0 Å². The normalized spacial score (nSPS) is 14.7. The summed E-state index contributed by atoms with van der Waals surface area (Å²) in [6.07, 6.45) is 1.70. The van der Waals surface area contributed by atoms with Crippen molar-refractivity contribution in [2.75, 3.05) is 13.2 Å². The van der Waals surface area contributed by atoms with Gasteiger partial charge in [-0.15, -0.1) is 0 Å². The number of hydrogen-bond acceptors (Lipinski definition) is 5. The first-order valence-corrected chi connectivity index (χ1v) is 12.1. The van der Waals surface area contributed by atoms with Crippen LogP contribution in [-0.2, 0) is 11.3 Å². The quantitative estimate of drug-likeness (QED) is 0.239. The van der Waals surface area contributed by atoms with Crippen LogP contribution in [0.1, 0.15) is 16.7 Å². The maximum Gasteiger partial charge on any atom is 0.293 e. The molecule has 34 heavy (non-hydrogen) atoms. The van der Waals surface area contributed by atoms with Crippen LogP contribution in [-0.4, -0.2) is 29.3 Å². The summed E-state index contributed by atoms with van der Waals surface area (Å²) in [6, 6.07) is 20.2. The summed E-state index contributed by atoms with van der Waals surface area (Å²) in [5.41, 5.74) is 2.70. The van der Waals surface area contributed by atoms with E-state index in [2.05, 4.69) is 0 Å². The summed E-state index contributed by atoms with van der Waals surface area (Å²) >= 11 is 12.9. The summed E-state index contributed by atoms with van der Waals surface area (Å²) in [5.74, 6) is 1.16. The topological polar surface area (TPSA) is 55.8 Å². The molecule has 0 radical (unpaired) electrons. The van der Waals surface area contributed by atoms with Gasteiger partial charge in [-0.2, -0.15) is 0 Å². The summed E-state index contributed by atoms with van der Waals surface area (Å²) in [6.45, 7) is 2.99. The number of imide groups is 1. The highest BCUT2D eigenvalue weighted by Gasteiger charge is 2.35. The molecule has 4 rings (SSSR count). The van der Waals surface area contributed by atoms with Crippen molar-refractivity contribution in [1.82, 2.24) is 4.90 Å². The van der Waals surface area contributed by atoms with E-state index in [1.54, 1.807) is 24.3 Å². The Kier molecular flexibility index (Phi) is 7.83. The van der Waals surface area contributed by atoms with Gasteiger partial charge in [-0.3, -0.25) is 14.5 Å². The largest absolute Gasteiger partial charge is 0.490 e. The first-order chi connectivity index (χ1) is 16.4. The molecule has 0 bridgehead atoms. The molecule has 0 aliphatic carbocycles. The molecule has 0 spiro atoms. The fourth-order valence-corrected chi connectivity index (χ4v) is 4.38. The molecule has 0 aromatic heterocycles. The van der Waals surface area contributed by atoms with Crippen LogP contribution in [0.25, 0.3) is 6.08 Å². The molecule has 8 heteroatoms. The summed E-state index contributed by atoms with van der Waals surface area (Å²) in [5, 5.41) is 0.479. The third-order valence-corrected chi connectivity index (χ3v) is 6.66. The lowest BCUT2D eigenvalue weighted by atomic mass is 10.2. The fourth-order valence-electron chi connectivity index (χ4n) is 3.22. The number of aryl methyl sites for hydroxylation is 1. The van der Waals surface area contributed by atoms with Gasteiger partial charge >= 0.3 is 0 Å². The number of halogens is 2. The second-order valence-corrected chi connectivity index (χ2v) is 9.40. The number of rotatable bonds is 8. The van der Waals surface area contributed by atoms with Crippen LogP contribution >= 0.6 is 35.0 Å². The highest BCUT2D eigenvalue weighted by molar-refractivity contribution is 8.18. The molecular formula is C26H21Cl2NO4S. The zero-order valence-electron chi connectivity index (χ0n) is 18.3. The van der Waals surface area contributed by atoms with Crippen molar-refractivity contribution in [3.8, 4) is 11.5 Å². The van der Waals surface area contributed by atoms with Crippen LogP contribution in [0.4, 0.5) is 4.79 Å². The molecule has 0 atom stereocenters. The SMILES string of the molecule is Cc1ccc(OCCOc2ccc(/C=C3\SC(=O)N(Cc4ccc(Cl)c(Cl)c4)C3=O)cc2)cc1. The Balaban J connectivity index is 1.31. The number of ether oxygens (including phenoxy) is 2. The number of carbonyl (C=O) groups excluding carboxylic acids is 2. The van der Waals surface area contributed by atoms with Gasteiger partial charge in [0.25, 0.3) is 11.1 Å². The van der Waals surface area contributed by atoms with Crippen molar-refractivity contribution in [2.24, 2.45) is 0 Å². The molecule has 0 N–H and O–H groups in total. The Morgan fingerprint density at radius 3 is 2.09 bits per heavy atom. The number of benzene rings is 3. The van der Waals surface area contributed by atoms with E-state index in [1.165, 1.54) is 10.5 Å². The lowest BCUT2D eigenvalue weighted by Gasteiger charge is -2.13. The van der Waals surface area contributed by atoms with Crippen molar-refractivity contribution >= 4 is 52.2 Å². The molecule has 1 heterocycles. The van der Waals surface area contributed by atoms with E-state index < -0.39 is 0 Å². The average molecular weight is 514 g/mol. The van der Waals surface area contributed by atoms with Gasteiger partial charge in [0.1, 0.15) is 24.7 Å². The molecule has 1 aliphatic rings. The highest BCUT2D eigenvalue weighted by Crippen LogP contribution is 2.34. The Hall–Kier alpha value is -2.93. The molecule has 2 amide bonds. The van der Waals surface area contributed by atoms with Gasteiger partial charge in [-0.1, -0.05) is 59.1 Å². The number of thioether (sulfide) groups is 1. The minimum Gasteiger partial charge on any atom is -0.490 e. The molecule has 0 saturated carbocycles. The number of carbonyl (C=O) groups is 2. The summed E-state index contributed by atoms with van der Waals surface area (Å²) in [7, 11) is 0. The van der Waals surface area contributed by atoms with Crippen LogP contribution < -0.4 is 9.47 Å². The number of amides is 2. The standard InChI is InChI=1S/C26H21Cl2NO4S/c1-17-2-7-20(8-3-17)32-12-13-33-21-9-4-18(5-10-21)15-24-25(30)29(26(31)34-24)16-19-6-11-22(27)23(28)14-19/h2-11,14-15H,12-13,16H2,1H3/b24-15-. The van der Waals surface area contributed by atoms with Gasteiger partial charge in [0.2, 0.25) is 0 Å². The second kappa shape index (κ2) is 11.0. The van der Waals surface area contributed by atoms with Gasteiger partial charge in [0.15, 0.2) is 0 Å². The fraction of sp³-hybridized carbons (Fsp3) is 0.154. The van der Waals surface area contributed by atoms with Crippen molar-refractivity contribution in [3.05, 3.63) is 98.4 Å². The van der Waals surface area contributed by atoms with E-state index in [1.807, 2.05) is 55.5 Å². The highest BCUT2D eigenvalue weighted by atomic mass is 35.5. The lowest BCUT2D eigenvalue weighted by molar-refractivity contribution is -0.123. The van der Waals surface area contributed by atoms with Crippen molar-refractivity contribution in [2.45, 2.75) is 13.5 Å². The van der Waals surface area contributed by atoms with Gasteiger partial charge in [-0.05, 0) is 72.3 Å². The molecule has 0 unspecified atom stereocenters. The molecule has 1 fully saturated rings. The van der Waals surface area contributed by atoms with Gasteiger partial charge in [0, 0.05) is 0 Å². The number of nitrogens with zero attached hydrogens (tertiary/aromatic N) is 1. The molecule has 3 aromatic rings. The minimum atomic E-state index is -0.338. The smallest absolute Gasteiger partial charge is 0.293 e. The van der Waals surface area contributed by atoms with E-state index in [-0.39, 0.29) is 17.7 Å². The van der Waals surface area contributed by atoms with Crippen molar-refractivity contribution in [3.63, 3.8) is 0 Å². The lowest BCUT2D eigenvalue weighted by Crippen LogP contribution is -2.27. The predicted octanol–water partition coefficient (Wildman–Crippen LogP) is 7.00. The molecule has 1 aliphatic heterocycles. The maximum atomic E-state index is 12.8. The minimum absolute atomic E-state index is 0.135.